The van der Waals surface area contributed by atoms with E-state index in [2.05, 4.69) is 39.6 Å². The Labute approximate surface area is 231 Å². The number of urea groups is 1. The van der Waals surface area contributed by atoms with Crippen LogP contribution in [0.15, 0.2) is 36.4 Å². The van der Waals surface area contributed by atoms with Gasteiger partial charge in [0.15, 0.2) is 0 Å². The van der Waals surface area contributed by atoms with Gasteiger partial charge in [-0.25, -0.2) is 14.6 Å². The summed E-state index contributed by atoms with van der Waals surface area (Å²) in [7, 11) is 0. The van der Waals surface area contributed by atoms with Crippen LogP contribution in [-0.4, -0.2) is 74.6 Å². The first-order valence-electron chi connectivity index (χ1n) is 14.6. The van der Waals surface area contributed by atoms with Gasteiger partial charge in [0.05, 0.1) is 11.6 Å². The van der Waals surface area contributed by atoms with Crippen molar-refractivity contribution in [2.75, 3.05) is 19.6 Å². The Morgan fingerprint density at radius 3 is 2.33 bits per heavy atom. The van der Waals surface area contributed by atoms with Crippen LogP contribution in [0.25, 0.3) is 0 Å². The number of aryl methyl sites for hydroxylation is 1. The summed E-state index contributed by atoms with van der Waals surface area (Å²) in [5, 5.41) is 9.07. The SMILES string of the molecule is Cc1nc(Oc2ccc(C(=O)O)cc2)ccc1CN1CCC(N2C(=O)N(C3CCCC3)CC2CC(C)C)CC1. The van der Waals surface area contributed by atoms with Crippen LogP contribution in [0, 0.1) is 12.8 Å². The van der Waals surface area contributed by atoms with E-state index in [-0.39, 0.29) is 5.56 Å². The highest BCUT2D eigenvalue weighted by atomic mass is 16.5. The van der Waals surface area contributed by atoms with Gasteiger partial charge >= 0.3 is 12.0 Å². The van der Waals surface area contributed by atoms with E-state index in [9.17, 15) is 9.59 Å². The van der Waals surface area contributed by atoms with Crippen LogP contribution in [0.2, 0.25) is 0 Å². The molecule has 1 saturated carbocycles. The van der Waals surface area contributed by atoms with Crippen LogP contribution in [0.1, 0.15) is 80.4 Å². The third-order valence-corrected chi connectivity index (χ3v) is 8.61. The lowest BCUT2D eigenvalue weighted by Gasteiger charge is -2.39. The standard InChI is InChI=1S/C31H42N4O4/c1-21(2)18-27-20-34(25-6-4-5-7-25)31(38)35(27)26-14-16-33(17-15-26)19-24-10-13-29(32-22(24)3)39-28-11-8-23(9-12-28)30(36)37/h8-13,21,25-27H,4-7,14-20H2,1-3H3,(H,36,37). The highest BCUT2D eigenvalue weighted by Gasteiger charge is 2.44. The van der Waals surface area contributed by atoms with Crippen molar-refractivity contribution >= 4 is 12.0 Å². The summed E-state index contributed by atoms with van der Waals surface area (Å²) < 4.78 is 5.84. The molecule has 1 unspecified atom stereocenters. The van der Waals surface area contributed by atoms with Crippen molar-refractivity contribution in [1.29, 1.82) is 0 Å². The molecule has 2 saturated heterocycles. The first kappa shape index (κ1) is 27.4. The Bertz CT molecular complexity index is 1150. The second kappa shape index (κ2) is 11.9. The molecule has 1 N–H and O–H groups in total. The number of carboxylic acid groups (broad SMARTS) is 1. The zero-order chi connectivity index (χ0) is 27.5. The van der Waals surface area contributed by atoms with Crippen molar-refractivity contribution in [3.8, 4) is 11.6 Å². The van der Waals surface area contributed by atoms with Gasteiger partial charge in [0.25, 0.3) is 0 Å². The fourth-order valence-corrected chi connectivity index (χ4v) is 6.58. The average molecular weight is 535 g/mol. The summed E-state index contributed by atoms with van der Waals surface area (Å²) in [5.74, 6) is 0.673. The topological polar surface area (TPSA) is 86.2 Å². The van der Waals surface area contributed by atoms with Crippen molar-refractivity contribution in [2.24, 2.45) is 5.92 Å². The second-order valence-corrected chi connectivity index (χ2v) is 11.9. The first-order chi connectivity index (χ1) is 18.8. The third-order valence-electron chi connectivity index (χ3n) is 8.61. The maximum atomic E-state index is 13.6. The minimum atomic E-state index is -0.961. The molecule has 1 aliphatic carbocycles. The molecule has 0 radical (unpaired) electrons. The lowest BCUT2D eigenvalue weighted by Crippen LogP contribution is -2.49. The van der Waals surface area contributed by atoms with Gasteiger partial charge in [-0.1, -0.05) is 32.8 Å². The van der Waals surface area contributed by atoms with Gasteiger partial charge in [-0.3, -0.25) is 4.90 Å². The number of nitrogens with zero attached hydrogens (tertiary/aromatic N) is 4. The number of amides is 2. The lowest BCUT2D eigenvalue weighted by atomic mass is 9.97. The van der Waals surface area contributed by atoms with E-state index in [1.807, 2.05) is 13.0 Å². The molecule has 3 heterocycles. The number of hydrogen-bond donors (Lipinski definition) is 1. The molecule has 2 aliphatic heterocycles. The smallest absolute Gasteiger partial charge is 0.335 e. The van der Waals surface area contributed by atoms with Crippen LogP contribution >= 0.6 is 0 Å². The van der Waals surface area contributed by atoms with Gasteiger partial charge in [-0.2, -0.15) is 0 Å². The van der Waals surface area contributed by atoms with Crippen LogP contribution in [0.4, 0.5) is 4.79 Å². The molecule has 3 aliphatic rings. The van der Waals surface area contributed by atoms with Gasteiger partial charge in [0, 0.05) is 50.0 Å². The number of aromatic nitrogens is 1. The molecule has 1 atom stereocenters. The van der Waals surface area contributed by atoms with Gasteiger partial charge in [0.1, 0.15) is 5.75 Å². The van der Waals surface area contributed by atoms with Crippen molar-refractivity contribution < 1.29 is 19.4 Å². The largest absolute Gasteiger partial charge is 0.478 e. The van der Waals surface area contributed by atoms with Crippen LogP contribution < -0.4 is 4.74 Å². The lowest BCUT2D eigenvalue weighted by molar-refractivity contribution is 0.0696. The number of ether oxygens (including phenoxy) is 1. The van der Waals surface area contributed by atoms with Crippen molar-refractivity contribution in [2.45, 2.75) is 90.4 Å². The maximum absolute atomic E-state index is 13.6. The normalized spacial score (nSPS) is 21.3. The molecule has 2 aromatic rings. The van der Waals surface area contributed by atoms with Gasteiger partial charge in [-0.05, 0) is 74.8 Å². The number of benzene rings is 1. The summed E-state index contributed by atoms with van der Waals surface area (Å²) in [4.78, 5) is 36.3. The van der Waals surface area contributed by atoms with E-state index in [0.29, 0.717) is 41.7 Å². The number of carboxylic acids is 1. The number of carbonyl (C=O) groups excluding carboxylic acids is 1. The molecule has 1 aromatic heterocycles. The molecule has 5 rings (SSSR count). The van der Waals surface area contributed by atoms with E-state index in [1.54, 1.807) is 12.1 Å². The number of hydrogen-bond acceptors (Lipinski definition) is 5. The average Bonchev–Trinajstić information content (AvgIpc) is 3.54. The Morgan fingerprint density at radius 1 is 1.03 bits per heavy atom. The zero-order valence-electron chi connectivity index (χ0n) is 23.5. The molecular formula is C31H42N4O4. The van der Waals surface area contributed by atoms with Crippen molar-refractivity contribution in [3.05, 3.63) is 53.2 Å². The second-order valence-electron chi connectivity index (χ2n) is 11.9. The van der Waals surface area contributed by atoms with Crippen molar-refractivity contribution in [1.82, 2.24) is 19.7 Å². The van der Waals surface area contributed by atoms with Gasteiger partial charge < -0.3 is 19.6 Å². The maximum Gasteiger partial charge on any atom is 0.335 e. The minimum absolute atomic E-state index is 0.223. The first-order valence-corrected chi connectivity index (χ1v) is 14.6. The molecule has 0 bridgehead atoms. The Morgan fingerprint density at radius 2 is 1.72 bits per heavy atom. The fourth-order valence-electron chi connectivity index (χ4n) is 6.58. The third kappa shape index (κ3) is 6.38. The molecule has 1 aromatic carbocycles. The quantitative estimate of drug-likeness (QED) is 0.429. The van der Waals surface area contributed by atoms with Crippen molar-refractivity contribution in [3.63, 3.8) is 0 Å². The van der Waals surface area contributed by atoms with Gasteiger partial charge in [0.2, 0.25) is 5.88 Å². The summed E-state index contributed by atoms with van der Waals surface area (Å²) in [6.45, 7) is 10.2. The number of rotatable bonds is 9. The molecule has 3 fully saturated rings. The summed E-state index contributed by atoms with van der Waals surface area (Å²) in [6, 6.07) is 11.7. The number of aromatic carboxylic acids is 1. The zero-order valence-corrected chi connectivity index (χ0v) is 23.5. The van der Waals surface area contributed by atoms with Crippen LogP contribution in [0.5, 0.6) is 11.6 Å². The predicted molar refractivity (Wildman–Crippen MR) is 150 cm³/mol. The Kier molecular flexibility index (Phi) is 8.40. The molecule has 0 spiro atoms. The number of carbonyl (C=O) groups is 2. The summed E-state index contributed by atoms with van der Waals surface area (Å²) in [5.41, 5.74) is 2.32. The molecule has 8 heteroatoms. The number of piperidine rings is 1. The van der Waals surface area contributed by atoms with E-state index >= 15 is 0 Å². The predicted octanol–water partition coefficient (Wildman–Crippen LogP) is 5.94. The Hall–Kier alpha value is -3.13. The monoisotopic (exact) mass is 534 g/mol. The molecule has 210 valence electrons. The van der Waals surface area contributed by atoms with E-state index in [1.165, 1.54) is 43.4 Å². The molecular weight excluding hydrogens is 492 g/mol. The molecule has 2 amide bonds. The summed E-state index contributed by atoms with van der Waals surface area (Å²) in [6.07, 6.45) is 7.95. The highest BCUT2D eigenvalue weighted by Crippen LogP contribution is 2.34. The number of likely N-dealkylation sites (tertiary alicyclic amines) is 1. The summed E-state index contributed by atoms with van der Waals surface area (Å²) >= 11 is 0. The van der Waals surface area contributed by atoms with E-state index in [4.69, 9.17) is 9.84 Å². The molecule has 39 heavy (non-hydrogen) atoms. The van der Waals surface area contributed by atoms with E-state index in [0.717, 1.165) is 51.1 Å². The fraction of sp³-hybridized carbons (Fsp3) is 0.581. The number of pyridine rings is 1. The highest BCUT2D eigenvalue weighted by molar-refractivity contribution is 5.87. The van der Waals surface area contributed by atoms with Gasteiger partial charge in [-0.15, -0.1) is 0 Å². The minimum Gasteiger partial charge on any atom is -0.478 e. The molecule has 8 nitrogen and oxygen atoms in total. The van der Waals surface area contributed by atoms with Crippen LogP contribution in [-0.2, 0) is 6.54 Å². The van der Waals surface area contributed by atoms with Crippen LogP contribution in [0.3, 0.4) is 0 Å². The Balaban J connectivity index is 1.17. The van der Waals surface area contributed by atoms with E-state index < -0.39 is 5.97 Å².